The Kier molecular flexibility index (Phi) is 4.67. The molecule has 0 heterocycles. The van der Waals surface area contributed by atoms with Gasteiger partial charge in [0.1, 0.15) is 0 Å². The lowest BCUT2D eigenvalue weighted by Gasteiger charge is -2.41. The number of hydrogen-bond donors (Lipinski definition) is 1. The molecule has 1 aliphatic carbocycles. The van der Waals surface area contributed by atoms with E-state index >= 15 is 0 Å². The van der Waals surface area contributed by atoms with Crippen molar-refractivity contribution in [2.45, 2.75) is 66.0 Å². The molecule has 1 nitrogen and oxygen atoms in total. The molecule has 0 amide bonds. The highest BCUT2D eigenvalue weighted by Crippen LogP contribution is 2.38. The van der Waals surface area contributed by atoms with Gasteiger partial charge in [-0.25, -0.2) is 0 Å². The Labute approximate surface area is 118 Å². The van der Waals surface area contributed by atoms with Gasteiger partial charge in [0.25, 0.3) is 0 Å². The molecular formula is C18H29N. The van der Waals surface area contributed by atoms with E-state index in [0.29, 0.717) is 11.5 Å². The van der Waals surface area contributed by atoms with Crippen molar-refractivity contribution < 1.29 is 0 Å². The summed E-state index contributed by atoms with van der Waals surface area (Å²) in [6.07, 6.45) is 5.52. The highest BCUT2D eigenvalue weighted by Gasteiger charge is 2.33. The number of nitrogens with one attached hydrogen (secondary N) is 1. The maximum absolute atomic E-state index is 3.82. The first-order valence-corrected chi connectivity index (χ1v) is 7.76. The van der Waals surface area contributed by atoms with Gasteiger partial charge in [0.15, 0.2) is 0 Å². The van der Waals surface area contributed by atoms with Gasteiger partial charge in [0.05, 0.1) is 0 Å². The van der Waals surface area contributed by atoms with Crippen molar-refractivity contribution in [1.29, 1.82) is 0 Å². The highest BCUT2D eigenvalue weighted by atomic mass is 14.9. The van der Waals surface area contributed by atoms with E-state index in [1.807, 2.05) is 0 Å². The van der Waals surface area contributed by atoms with Gasteiger partial charge >= 0.3 is 0 Å². The van der Waals surface area contributed by atoms with Gasteiger partial charge in [-0.05, 0) is 36.7 Å². The summed E-state index contributed by atoms with van der Waals surface area (Å²) in [7, 11) is 0. The van der Waals surface area contributed by atoms with Gasteiger partial charge < -0.3 is 5.32 Å². The van der Waals surface area contributed by atoms with Gasteiger partial charge in [-0.3, -0.25) is 0 Å². The normalized spacial score (nSPS) is 24.4. The van der Waals surface area contributed by atoms with Crippen molar-refractivity contribution in [3.05, 3.63) is 35.4 Å². The van der Waals surface area contributed by atoms with E-state index < -0.39 is 0 Å². The van der Waals surface area contributed by atoms with Crippen LogP contribution in [0.2, 0.25) is 0 Å². The molecule has 2 rings (SSSR count). The van der Waals surface area contributed by atoms with Crippen molar-refractivity contribution in [2.75, 3.05) is 0 Å². The van der Waals surface area contributed by atoms with Crippen LogP contribution in [0.1, 0.15) is 57.6 Å². The van der Waals surface area contributed by atoms with Gasteiger partial charge in [0, 0.05) is 12.6 Å². The van der Waals surface area contributed by atoms with E-state index in [1.165, 1.54) is 36.8 Å². The van der Waals surface area contributed by atoms with E-state index in [2.05, 4.69) is 57.3 Å². The lowest BCUT2D eigenvalue weighted by molar-refractivity contribution is 0.130. The number of aryl methyl sites for hydroxylation is 1. The third-order valence-corrected chi connectivity index (χ3v) is 4.53. The summed E-state index contributed by atoms with van der Waals surface area (Å²) < 4.78 is 0. The van der Waals surface area contributed by atoms with Crippen molar-refractivity contribution in [3.8, 4) is 0 Å². The zero-order chi connectivity index (χ0) is 13.9. The maximum Gasteiger partial charge on any atom is 0.0208 e. The molecule has 0 aromatic heterocycles. The fraction of sp³-hybridized carbons (Fsp3) is 0.667. The first kappa shape index (κ1) is 14.6. The SMILES string of the molecule is Cc1cccc(CNC2CCCCC2C(C)(C)C)c1. The summed E-state index contributed by atoms with van der Waals surface area (Å²) in [4.78, 5) is 0. The van der Waals surface area contributed by atoms with Gasteiger partial charge in [0.2, 0.25) is 0 Å². The lowest BCUT2D eigenvalue weighted by Crippen LogP contribution is -2.43. The zero-order valence-corrected chi connectivity index (χ0v) is 13.0. The Bertz CT molecular complexity index is 402. The van der Waals surface area contributed by atoms with Crippen LogP contribution >= 0.6 is 0 Å². The van der Waals surface area contributed by atoms with E-state index in [1.54, 1.807) is 0 Å². The van der Waals surface area contributed by atoms with E-state index in [4.69, 9.17) is 0 Å². The van der Waals surface area contributed by atoms with Crippen LogP contribution in [0.3, 0.4) is 0 Å². The fourth-order valence-electron chi connectivity index (χ4n) is 3.48. The summed E-state index contributed by atoms with van der Waals surface area (Å²) in [6.45, 7) is 10.4. The molecule has 1 N–H and O–H groups in total. The van der Waals surface area contributed by atoms with Crippen LogP contribution < -0.4 is 5.32 Å². The second-order valence-corrected chi connectivity index (χ2v) is 7.23. The highest BCUT2D eigenvalue weighted by molar-refractivity contribution is 5.22. The first-order chi connectivity index (χ1) is 8.97. The predicted octanol–water partition coefficient (Wildman–Crippen LogP) is 4.69. The van der Waals surface area contributed by atoms with Crippen molar-refractivity contribution >= 4 is 0 Å². The predicted molar refractivity (Wildman–Crippen MR) is 83.2 cm³/mol. The molecule has 0 bridgehead atoms. The second-order valence-electron chi connectivity index (χ2n) is 7.23. The minimum absolute atomic E-state index is 0.421. The molecule has 1 heteroatoms. The van der Waals surface area contributed by atoms with E-state index in [9.17, 15) is 0 Å². The minimum atomic E-state index is 0.421. The molecule has 19 heavy (non-hydrogen) atoms. The van der Waals surface area contributed by atoms with Crippen LogP contribution in [0.5, 0.6) is 0 Å². The average molecular weight is 259 g/mol. The average Bonchev–Trinajstić information content (AvgIpc) is 2.36. The van der Waals surface area contributed by atoms with Crippen molar-refractivity contribution in [3.63, 3.8) is 0 Å². The summed E-state index contributed by atoms with van der Waals surface area (Å²) in [5.41, 5.74) is 3.19. The quantitative estimate of drug-likeness (QED) is 0.830. The lowest BCUT2D eigenvalue weighted by atomic mass is 9.69. The monoisotopic (exact) mass is 259 g/mol. The van der Waals surface area contributed by atoms with Gasteiger partial charge in [-0.15, -0.1) is 0 Å². The largest absolute Gasteiger partial charge is 0.310 e. The van der Waals surface area contributed by atoms with Crippen LogP contribution in [0.15, 0.2) is 24.3 Å². The molecule has 0 aliphatic heterocycles. The Hall–Kier alpha value is -0.820. The van der Waals surface area contributed by atoms with Crippen LogP contribution in [0.25, 0.3) is 0 Å². The van der Waals surface area contributed by atoms with Crippen LogP contribution in [0, 0.1) is 18.3 Å². The molecular weight excluding hydrogens is 230 g/mol. The third-order valence-electron chi connectivity index (χ3n) is 4.53. The minimum Gasteiger partial charge on any atom is -0.310 e. The van der Waals surface area contributed by atoms with E-state index in [-0.39, 0.29) is 0 Å². The molecule has 0 spiro atoms. The summed E-state index contributed by atoms with van der Waals surface area (Å²) in [5, 5.41) is 3.82. The van der Waals surface area contributed by atoms with E-state index in [0.717, 1.165) is 12.5 Å². The first-order valence-electron chi connectivity index (χ1n) is 7.76. The topological polar surface area (TPSA) is 12.0 Å². The molecule has 1 aromatic carbocycles. The number of rotatable bonds is 3. The zero-order valence-electron chi connectivity index (χ0n) is 13.0. The number of hydrogen-bond acceptors (Lipinski definition) is 1. The van der Waals surface area contributed by atoms with Crippen LogP contribution in [-0.2, 0) is 6.54 Å². The smallest absolute Gasteiger partial charge is 0.0208 e. The van der Waals surface area contributed by atoms with Gasteiger partial charge in [-0.1, -0.05) is 63.4 Å². The number of benzene rings is 1. The second kappa shape index (κ2) is 6.09. The molecule has 1 saturated carbocycles. The molecule has 1 aliphatic rings. The summed E-state index contributed by atoms with van der Waals surface area (Å²) >= 11 is 0. The molecule has 1 fully saturated rings. The molecule has 0 radical (unpaired) electrons. The Morgan fingerprint density at radius 1 is 1.16 bits per heavy atom. The van der Waals surface area contributed by atoms with Gasteiger partial charge in [-0.2, -0.15) is 0 Å². The summed E-state index contributed by atoms with van der Waals surface area (Å²) in [6, 6.07) is 9.54. The molecule has 1 aromatic rings. The standard InChI is InChI=1S/C18H29N/c1-14-8-7-9-15(12-14)13-19-17-11-6-5-10-16(17)18(2,3)4/h7-9,12,16-17,19H,5-6,10-11,13H2,1-4H3. The summed E-state index contributed by atoms with van der Waals surface area (Å²) in [5.74, 6) is 0.811. The van der Waals surface area contributed by atoms with Crippen LogP contribution in [0.4, 0.5) is 0 Å². The molecule has 2 atom stereocenters. The molecule has 0 saturated heterocycles. The maximum atomic E-state index is 3.82. The Balaban J connectivity index is 1.97. The Morgan fingerprint density at radius 3 is 2.58 bits per heavy atom. The Morgan fingerprint density at radius 2 is 1.89 bits per heavy atom. The van der Waals surface area contributed by atoms with Crippen molar-refractivity contribution in [2.24, 2.45) is 11.3 Å². The van der Waals surface area contributed by atoms with Crippen LogP contribution in [-0.4, -0.2) is 6.04 Å². The third kappa shape index (κ3) is 4.07. The van der Waals surface area contributed by atoms with Crippen molar-refractivity contribution in [1.82, 2.24) is 5.32 Å². The fourth-order valence-corrected chi connectivity index (χ4v) is 3.48. The molecule has 2 unspecified atom stereocenters. The molecule has 106 valence electrons.